The van der Waals surface area contributed by atoms with Crippen molar-refractivity contribution in [2.75, 3.05) is 33.5 Å². The molecular weight excluding hydrogens is 394 g/mol. The van der Waals surface area contributed by atoms with Crippen LogP contribution in [-0.2, 0) is 9.53 Å². The third kappa shape index (κ3) is 5.82. The molecule has 0 unspecified atom stereocenters. The van der Waals surface area contributed by atoms with Crippen molar-refractivity contribution < 1.29 is 19.0 Å². The third-order valence-electron chi connectivity index (χ3n) is 3.90. The Bertz CT molecular complexity index is 837. The van der Waals surface area contributed by atoms with E-state index in [0.29, 0.717) is 35.7 Å². The van der Waals surface area contributed by atoms with E-state index in [-0.39, 0.29) is 5.91 Å². The number of ether oxygens (including phenoxy) is 3. The number of benzene rings is 2. The Morgan fingerprint density at radius 3 is 2.11 bits per heavy atom. The topological polar surface area (TPSA) is 48.0 Å². The maximum Gasteiger partial charge on any atom is 0.265 e. The molecule has 0 N–H and O–H groups in total. The highest BCUT2D eigenvalue weighted by Crippen LogP contribution is 2.31. The van der Waals surface area contributed by atoms with Gasteiger partial charge in [-0.2, -0.15) is 0 Å². The lowest BCUT2D eigenvalue weighted by molar-refractivity contribution is -0.121. The molecule has 1 heterocycles. The molecule has 0 aromatic heterocycles. The standard InChI is InChI=1S/C21H21NO4S2/c1-22-20(23)19(28-21(22)27)15-16-7-9-18(10-8-16)26-14-12-24-11-13-25-17-5-3-2-4-6-17/h2-10,15H,11-14H2,1H3/b19-15+. The molecule has 28 heavy (non-hydrogen) atoms. The number of carbonyl (C=O) groups is 1. The van der Waals surface area contributed by atoms with Crippen LogP contribution in [0.25, 0.3) is 6.08 Å². The summed E-state index contributed by atoms with van der Waals surface area (Å²) in [7, 11) is 1.69. The van der Waals surface area contributed by atoms with Crippen LogP contribution in [-0.4, -0.2) is 48.6 Å². The molecule has 7 heteroatoms. The van der Waals surface area contributed by atoms with Crippen LogP contribution in [0.2, 0.25) is 0 Å². The van der Waals surface area contributed by atoms with E-state index in [1.807, 2.05) is 60.7 Å². The monoisotopic (exact) mass is 415 g/mol. The molecule has 1 saturated heterocycles. The summed E-state index contributed by atoms with van der Waals surface area (Å²) >= 11 is 6.44. The highest BCUT2D eigenvalue weighted by Gasteiger charge is 2.28. The van der Waals surface area contributed by atoms with Crippen LogP contribution in [0.1, 0.15) is 5.56 Å². The number of para-hydroxylation sites is 1. The zero-order chi connectivity index (χ0) is 19.8. The van der Waals surface area contributed by atoms with Gasteiger partial charge < -0.3 is 14.2 Å². The van der Waals surface area contributed by atoms with Crippen molar-refractivity contribution in [3.8, 4) is 11.5 Å². The van der Waals surface area contributed by atoms with Crippen molar-refractivity contribution >= 4 is 40.3 Å². The number of thioether (sulfide) groups is 1. The van der Waals surface area contributed by atoms with Crippen LogP contribution in [0.5, 0.6) is 11.5 Å². The lowest BCUT2D eigenvalue weighted by atomic mass is 10.2. The summed E-state index contributed by atoms with van der Waals surface area (Å²) < 4.78 is 17.3. The quantitative estimate of drug-likeness (QED) is 0.351. The summed E-state index contributed by atoms with van der Waals surface area (Å²) in [5.74, 6) is 1.52. The minimum atomic E-state index is -0.0660. The molecule has 0 aliphatic carbocycles. The molecule has 0 spiro atoms. The second-order valence-corrected chi connectivity index (χ2v) is 7.61. The molecule has 5 nitrogen and oxygen atoms in total. The fourth-order valence-corrected chi connectivity index (χ4v) is 3.59. The molecule has 1 aliphatic heterocycles. The van der Waals surface area contributed by atoms with Gasteiger partial charge in [0.1, 0.15) is 29.0 Å². The van der Waals surface area contributed by atoms with Gasteiger partial charge in [0, 0.05) is 7.05 Å². The van der Waals surface area contributed by atoms with Gasteiger partial charge in [-0.05, 0) is 35.9 Å². The van der Waals surface area contributed by atoms with Crippen molar-refractivity contribution in [3.63, 3.8) is 0 Å². The number of thiocarbonyl (C=S) groups is 1. The van der Waals surface area contributed by atoms with E-state index in [1.165, 1.54) is 16.7 Å². The highest BCUT2D eigenvalue weighted by atomic mass is 32.2. The SMILES string of the molecule is CN1C(=O)/C(=C\c2ccc(OCCOCCOc3ccccc3)cc2)SC1=S. The van der Waals surface area contributed by atoms with E-state index in [2.05, 4.69) is 0 Å². The fourth-order valence-electron chi connectivity index (χ4n) is 2.41. The zero-order valence-electron chi connectivity index (χ0n) is 15.5. The second-order valence-electron chi connectivity index (χ2n) is 5.93. The molecule has 0 saturated carbocycles. The van der Waals surface area contributed by atoms with Gasteiger partial charge in [0.25, 0.3) is 5.91 Å². The van der Waals surface area contributed by atoms with Crippen LogP contribution in [0.4, 0.5) is 0 Å². The first-order chi connectivity index (χ1) is 13.6. The Balaban J connectivity index is 1.35. The lowest BCUT2D eigenvalue weighted by Gasteiger charge is -2.08. The molecule has 0 radical (unpaired) electrons. The first kappa shape index (κ1) is 20.4. The van der Waals surface area contributed by atoms with E-state index in [1.54, 1.807) is 7.05 Å². The Kier molecular flexibility index (Phi) is 7.47. The molecule has 1 fully saturated rings. The number of hydrogen-bond donors (Lipinski definition) is 0. The van der Waals surface area contributed by atoms with Gasteiger partial charge in [-0.3, -0.25) is 9.69 Å². The third-order valence-corrected chi connectivity index (χ3v) is 5.39. The molecule has 146 valence electrons. The van der Waals surface area contributed by atoms with Crippen LogP contribution < -0.4 is 9.47 Å². The zero-order valence-corrected chi connectivity index (χ0v) is 17.1. The summed E-state index contributed by atoms with van der Waals surface area (Å²) in [5, 5.41) is 0. The second kappa shape index (κ2) is 10.3. The lowest BCUT2D eigenvalue weighted by Crippen LogP contribution is -2.22. The van der Waals surface area contributed by atoms with E-state index in [4.69, 9.17) is 26.4 Å². The summed E-state index contributed by atoms with van der Waals surface area (Å²) in [5.41, 5.74) is 0.926. The van der Waals surface area contributed by atoms with Gasteiger partial charge in [0.2, 0.25) is 0 Å². The number of hydrogen-bond acceptors (Lipinski definition) is 6. The van der Waals surface area contributed by atoms with Gasteiger partial charge in [0.15, 0.2) is 0 Å². The minimum absolute atomic E-state index is 0.0660. The maximum atomic E-state index is 12.0. The van der Waals surface area contributed by atoms with Crippen LogP contribution in [0.15, 0.2) is 59.5 Å². The Labute approximate surface area is 174 Å². The average molecular weight is 416 g/mol. The molecule has 3 rings (SSSR count). The Morgan fingerprint density at radius 1 is 0.929 bits per heavy atom. The van der Waals surface area contributed by atoms with Gasteiger partial charge in [-0.25, -0.2) is 0 Å². The Hall–Kier alpha value is -2.35. The molecule has 0 atom stereocenters. The normalized spacial score (nSPS) is 15.3. The number of amides is 1. The molecule has 0 bridgehead atoms. The van der Waals surface area contributed by atoms with E-state index in [9.17, 15) is 4.79 Å². The smallest absolute Gasteiger partial charge is 0.265 e. The first-order valence-corrected chi connectivity index (χ1v) is 10.1. The van der Waals surface area contributed by atoms with Crippen molar-refractivity contribution in [3.05, 3.63) is 65.1 Å². The number of nitrogens with zero attached hydrogens (tertiary/aromatic N) is 1. The van der Waals surface area contributed by atoms with E-state index in [0.717, 1.165) is 17.1 Å². The van der Waals surface area contributed by atoms with Crippen LogP contribution in [0.3, 0.4) is 0 Å². The van der Waals surface area contributed by atoms with Crippen LogP contribution in [0, 0.1) is 0 Å². The summed E-state index contributed by atoms with van der Waals surface area (Å²) in [4.78, 5) is 14.1. The van der Waals surface area contributed by atoms with Crippen molar-refractivity contribution in [2.45, 2.75) is 0 Å². The van der Waals surface area contributed by atoms with Crippen molar-refractivity contribution in [1.29, 1.82) is 0 Å². The molecular formula is C21H21NO4S2. The molecule has 2 aromatic rings. The van der Waals surface area contributed by atoms with Gasteiger partial charge in [-0.1, -0.05) is 54.3 Å². The first-order valence-electron chi connectivity index (χ1n) is 8.83. The van der Waals surface area contributed by atoms with Gasteiger partial charge in [0.05, 0.1) is 18.1 Å². The predicted molar refractivity (Wildman–Crippen MR) is 116 cm³/mol. The van der Waals surface area contributed by atoms with Gasteiger partial charge >= 0.3 is 0 Å². The number of likely N-dealkylation sites (N-methyl/N-ethyl adjacent to an activating group) is 1. The number of carbonyl (C=O) groups excluding carboxylic acids is 1. The van der Waals surface area contributed by atoms with E-state index < -0.39 is 0 Å². The predicted octanol–water partition coefficient (Wildman–Crippen LogP) is 3.99. The highest BCUT2D eigenvalue weighted by molar-refractivity contribution is 8.26. The van der Waals surface area contributed by atoms with E-state index >= 15 is 0 Å². The largest absolute Gasteiger partial charge is 0.491 e. The molecule has 1 amide bonds. The van der Waals surface area contributed by atoms with Crippen LogP contribution >= 0.6 is 24.0 Å². The molecule has 2 aromatic carbocycles. The minimum Gasteiger partial charge on any atom is -0.491 e. The number of rotatable bonds is 9. The maximum absolute atomic E-state index is 12.0. The summed E-state index contributed by atoms with van der Waals surface area (Å²) in [6.45, 7) is 1.95. The van der Waals surface area contributed by atoms with Crippen molar-refractivity contribution in [1.82, 2.24) is 4.90 Å². The Morgan fingerprint density at radius 2 is 1.54 bits per heavy atom. The summed E-state index contributed by atoms with van der Waals surface area (Å²) in [6.07, 6.45) is 1.84. The van der Waals surface area contributed by atoms with Crippen molar-refractivity contribution in [2.24, 2.45) is 0 Å². The average Bonchev–Trinajstić information content (AvgIpc) is 2.96. The molecule has 1 aliphatic rings. The van der Waals surface area contributed by atoms with Gasteiger partial charge in [-0.15, -0.1) is 0 Å². The fraction of sp³-hybridized carbons (Fsp3) is 0.238. The summed E-state index contributed by atoms with van der Waals surface area (Å²) in [6, 6.07) is 17.2.